The van der Waals surface area contributed by atoms with Crippen molar-refractivity contribution in [3.63, 3.8) is 0 Å². The average Bonchev–Trinajstić information content (AvgIpc) is 3.34. The maximum Gasteiger partial charge on any atom is 0.324 e. The number of amides is 2. The van der Waals surface area contributed by atoms with Crippen LogP contribution >= 0.6 is 0 Å². The monoisotopic (exact) mass is 504 g/mol. The number of hydrogen-bond acceptors (Lipinski definition) is 5. The highest BCUT2D eigenvalue weighted by molar-refractivity contribution is 5.99. The van der Waals surface area contributed by atoms with Gasteiger partial charge in [-0.1, -0.05) is 45.0 Å². The molecule has 8 nitrogen and oxygen atoms in total. The summed E-state index contributed by atoms with van der Waals surface area (Å²) in [6.07, 6.45) is 6.88. The first kappa shape index (κ1) is 24.7. The number of pyridine rings is 2. The van der Waals surface area contributed by atoms with Gasteiger partial charge in [0, 0.05) is 47.4 Å². The predicted octanol–water partition coefficient (Wildman–Crippen LogP) is 7.06. The molecule has 0 fully saturated rings. The summed E-state index contributed by atoms with van der Waals surface area (Å²) in [5, 5.41) is 10.7. The van der Waals surface area contributed by atoms with Crippen LogP contribution in [0.4, 0.5) is 16.3 Å². The van der Waals surface area contributed by atoms with Crippen LogP contribution in [0.15, 0.2) is 104 Å². The van der Waals surface area contributed by atoms with Crippen LogP contribution in [0.2, 0.25) is 0 Å². The Morgan fingerprint density at radius 3 is 2.26 bits per heavy atom. The lowest BCUT2D eigenvalue weighted by molar-refractivity contribution is 0.262. The first-order valence-electron chi connectivity index (χ1n) is 12.2. The lowest BCUT2D eigenvalue weighted by atomic mass is 9.92. The third kappa shape index (κ3) is 5.87. The molecule has 3 heterocycles. The molecule has 2 aromatic carbocycles. The van der Waals surface area contributed by atoms with E-state index in [-0.39, 0.29) is 5.41 Å². The van der Waals surface area contributed by atoms with Crippen LogP contribution in [0.1, 0.15) is 26.5 Å². The van der Waals surface area contributed by atoms with E-state index in [2.05, 4.69) is 41.4 Å². The molecular weight excluding hydrogens is 476 g/mol. The van der Waals surface area contributed by atoms with Crippen molar-refractivity contribution in [1.82, 2.24) is 19.7 Å². The Labute approximate surface area is 221 Å². The van der Waals surface area contributed by atoms with Gasteiger partial charge in [0.15, 0.2) is 0 Å². The average molecular weight is 505 g/mol. The quantitative estimate of drug-likeness (QED) is 0.258. The summed E-state index contributed by atoms with van der Waals surface area (Å²) in [5.41, 5.74) is 4.05. The van der Waals surface area contributed by atoms with Crippen molar-refractivity contribution in [2.24, 2.45) is 0 Å². The van der Waals surface area contributed by atoms with Gasteiger partial charge in [-0.15, -0.1) is 0 Å². The molecule has 0 atom stereocenters. The fourth-order valence-electron chi connectivity index (χ4n) is 3.84. The molecule has 0 saturated heterocycles. The zero-order valence-corrected chi connectivity index (χ0v) is 21.4. The van der Waals surface area contributed by atoms with Gasteiger partial charge in [0.1, 0.15) is 17.3 Å². The smallest absolute Gasteiger partial charge is 0.324 e. The van der Waals surface area contributed by atoms with Crippen molar-refractivity contribution in [3.05, 3.63) is 109 Å². The van der Waals surface area contributed by atoms with E-state index in [9.17, 15) is 4.79 Å². The van der Waals surface area contributed by atoms with Crippen LogP contribution in [-0.2, 0) is 5.41 Å². The molecular formula is C30H28N6O2. The summed E-state index contributed by atoms with van der Waals surface area (Å²) >= 11 is 0. The second kappa shape index (κ2) is 10.6. The van der Waals surface area contributed by atoms with Crippen LogP contribution in [0.25, 0.3) is 16.8 Å². The second-order valence-corrected chi connectivity index (χ2v) is 9.77. The Morgan fingerprint density at radius 2 is 1.53 bits per heavy atom. The van der Waals surface area contributed by atoms with Crippen molar-refractivity contribution in [3.8, 4) is 28.3 Å². The SMILES string of the molecule is CC(C)(C)c1cc(NC(=O)Nc2cccc(Oc3cccnc3)c2)n(-c2cccc(-c3cccnc3)c2)n1. The third-order valence-corrected chi connectivity index (χ3v) is 5.77. The van der Waals surface area contributed by atoms with Gasteiger partial charge in [-0.25, -0.2) is 9.48 Å². The van der Waals surface area contributed by atoms with Crippen molar-refractivity contribution < 1.29 is 9.53 Å². The molecule has 0 aliphatic carbocycles. The minimum absolute atomic E-state index is 0.211. The highest BCUT2D eigenvalue weighted by Gasteiger charge is 2.22. The topological polar surface area (TPSA) is 94.0 Å². The number of carbonyl (C=O) groups excluding carboxylic acids is 1. The summed E-state index contributed by atoms with van der Waals surface area (Å²) in [6.45, 7) is 6.26. The fraction of sp³-hybridized carbons (Fsp3) is 0.133. The third-order valence-electron chi connectivity index (χ3n) is 5.77. The number of benzene rings is 2. The normalized spacial score (nSPS) is 11.1. The summed E-state index contributed by atoms with van der Waals surface area (Å²) in [4.78, 5) is 21.3. The zero-order valence-electron chi connectivity index (χ0n) is 21.4. The number of hydrogen-bond donors (Lipinski definition) is 2. The molecule has 3 aromatic heterocycles. The lowest BCUT2D eigenvalue weighted by Crippen LogP contribution is -2.21. The molecule has 8 heteroatoms. The Bertz CT molecular complexity index is 1540. The molecule has 0 aliphatic heterocycles. The number of aromatic nitrogens is 4. The van der Waals surface area contributed by atoms with Crippen LogP contribution in [0, 0.1) is 0 Å². The van der Waals surface area contributed by atoms with Crippen molar-refractivity contribution in [2.75, 3.05) is 10.6 Å². The van der Waals surface area contributed by atoms with E-state index in [4.69, 9.17) is 9.84 Å². The van der Waals surface area contributed by atoms with Gasteiger partial charge in [-0.3, -0.25) is 15.3 Å². The van der Waals surface area contributed by atoms with Crippen LogP contribution < -0.4 is 15.4 Å². The van der Waals surface area contributed by atoms with Gasteiger partial charge < -0.3 is 10.1 Å². The summed E-state index contributed by atoms with van der Waals surface area (Å²) in [5.74, 6) is 1.75. The Hall–Kier alpha value is -4.98. The molecule has 0 unspecified atom stereocenters. The molecule has 5 aromatic rings. The second-order valence-electron chi connectivity index (χ2n) is 9.77. The molecule has 2 N–H and O–H groups in total. The molecule has 0 saturated carbocycles. The number of nitrogens with one attached hydrogen (secondary N) is 2. The lowest BCUT2D eigenvalue weighted by Gasteiger charge is -2.14. The van der Waals surface area contributed by atoms with Gasteiger partial charge in [-0.05, 0) is 48.0 Å². The Balaban J connectivity index is 1.39. The zero-order chi connectivity index (χ0) is 26.5. The van der Waals surface area contributed by atoms with Crippen molar-refractivity contribution in [1.29, 1.82) is 0 Å². The van der Waals surface area contributed by atoms with E-state index in [1.54, 1.807) is 41.5 Å². The minimum Gasteiger partial charge on any atom is -0.456 e. The van der Waals surface area contributed by atoms with Gasteiger partial charge in [0.05, 0.1) is 17.6 Å². The van der Waals surface area contributed by atoms with E-state index in [0.29, 0.717) is 23.0 Å². The van der Waals surface area contributed by atoms with Gasteiger partial charge in [0.2, 0.25) is 0 Å². The Morgan fingerprint density at radius 1 is 0.789 bits per heavy atom. The fourth-order valence-corrected chi connectivity index (χ4v) is 3.84. The standard InChI is InChI=1S/C30H28N6O2/c1-30(2,3)27-18-28(36(35-27)24-11-4-8-21(16-24)22-9-6-14-31-19-22)34-29(37)33-23-10-5-12-25(17-23)38-26-13-7-15-32-20-26/h4-20H,1-3H3,(H2,33,34,37). The largest absolute Gasteiger partial charge is 0.456 e. The van der Waals surface area contributed by atoms with E-state index in [0.717, 1.165) is 22.5 Å². The number of rotatable bonds is 6. The van der Waals surface area contributed by atoms with Gasteiger partial charge in [-0.2, -0.15) is 5.10 Å². The number of anilines is 2. The number of carbonyl (C=O) groups is 1. The van der Waals surface area contributed by atoms with E-state index in [1.807, 2.05) is 66.9 Å². The summed E-state index contributed by atoms with van der Waals surface area (Å²) < 4.78 is 7.58. The number of urea groups is 1. The molecule has 2 amide bonds. The van der Waals surface area contributed by atoms with Crippen molar-refractivity contribution >= 4 is 17.5 Å². The summed E-state index contributed by atoms with van der Waals surface area (Å²) in [7, 11) is 0. The van der Waals surface area contributed by atoms with Crippen LogP contribution in [0.3, 0.4) is 0 Å². The number of nitrogens with zero attached hydrogens (tertiary/aromatic N) is 4. The molecule has 190 valence electrons. The molecule has 5 rings (SSSR count). The highest BCUT2D eigenvalue weighted by atomic mass is 16.5. The number of ether oxygens (including phenoxy) is 1. The van der Waals surface area contributed by atoms with E-state index >= 15 is 0 Å². The van der Waals surface area contributed by atoms with Crippen LogP contribution in [0.5, 0.6) is 11.5 Å². The first-order valence-corrected chi connectivity index (χ1v) is 12.2. The predicted molar refractivity (Wildman–Crippen MR) is 149 cm³/mol. The Kier molecular flexibility index (Phi) is 6.86. The molecule has 0 bridgehead atoms. The van der Waals surface area contributed by atoms with E-state index in [1.165, 1.54) is 0 Å². The van der Waals surface area contributed by atoms with Gasteiger partial charge in [0.25, 0.3) is 0 Å². The molecule has 38 heavy (non-hydrogen) atoms. The van der Waals surface area contributed by atoms with Gasteiger partial charge >= 0.3 is 6.03 Å². The van der Waals surface area contributed by atoms with Crippen molar-refractivity contribution in [2.45, 2.75) is 26.2 Å². The molecule has 0 spiro atoms. The summed E-state index contributed by atoms with van der Waals surface area (Å²) in [6, 6.07) is 24.2. The molecule has 0 aliphatic rings. The molecule has 0 radical (unpaired) electrons. The van der Waals surface area contributed by atoms with E-state index < -0.39 is 6.03 Å². The maximum absolute atomic E-state index is 13.1. The minimum atomic E-state index is -0.395. The first-order chi connectivity index (χ1) is 18.3. The van der Waals surface area contributed by atoms with Crippen LogP contribution in [-0.4, -0.2) is 25.8 Å². The highest BCUT2D eigenvalue weighted by Crippen LogP contribution is 2.29. The maximum atomic E-state index is 13.1.